The first-order valence-corrected chi connectivity index (χ1v) is 6.96. The topological polar surface area (TPSA) is 75.8 Å². The predicted molar refractivity (Wildman–Crippen MR) is 74.3 cm³/mol. The summed E-state index contributed by atoms with van der Waals surface area (Å²) in [4.78, 5) is 28.1. The predicted octanol–water partition coefficient (Wildman–Crippen LogP) is 1.70. The number of nitro groups is 1. The van der Waals surface area contributed by atoms with Crippen molar-refractivity contribution < 1.29 is 9.72 Å². The zero-order chi connectivity index (χ0) is 13.8. The van der Waals surface area contributed by atoms with Crippen LogP contribution in [0.25, 0.3) is 0 Å². The maximum atomic E-state index is 12.1. The smallest absolute Gasteiger partial charge is 0.269 e. The Balaban J connectivity index is 2.03. The molecule has 100 valence electrons. The van der Waals surface area contributed by atoms with Gasteiger partial charge < -0.3 is 0 Å². The lowest BCUT2D eigenvalue weighted by Gasteiger charge is -2.16. The van der Waals surface area contributed by atoms with Crippen molar-refractivity contribution in [2.75, 3.05) is 19.3 Å². The maximum Gasteiger partial charge on any atom is 0.269 e. The van der Waals surface area contributed by atoms with Crippen molar-refractivity contribution in [2.24, 2.45) is 4.99 Å². The van der Waals surface area contributed by atoms with Crippen LogP contribution in [0.1, 0.15) is 5.56 Å². The number of carbonyl (C=O) groups excluding carboxylic acids is 1. The number of rotatable bonds is 3. The summed E-state index contributed by atoms with van der Waals surface area (Å²) in [6, 6.07) is 6.05. The van der Waals surface area contributed by atoms with Crippen LogP contribution in [-0.2, 0) is 11.2 Å². The van der Waals surface area contributed by atoms with Crippen molar-refractivity contribution >= 4 is 28.5 Å². The minimum atomic E-state index is -0.454. The molecule has 0 saturated carbocycles. The number of non-ortho nitro benzene ring substituents is 1. The van der Waals surface area contributed by atoms with Gasteiger partial charge in [0.25, 0.3) is 5.69 Å². The highest BCUT2D eigenvalue weighted by atomic mass is 32.2. The van der Waals surface area contributed by atoms with E-state index in [1.54, 1.807) is 17.0 Å². The Labute approximate surface area is 114 Å². The van der Waals surface area contributed by atoms with Gasteiger partial charge in [0.05, 0.1) is 17.9 Å². The Kier molecular flexibility index (Phi) is 4.16. The fourth-order valence-electron chi connectivity index (χ4n) is 1.84. The molecule has 0 spiro atoms. The Morgan fingerprint density at radius 3 is 2.74 bits per heavy atom. The van der Waals surface area contributed by atoms with Gasteiger partial charge in [-0.05, 0) is 11.8 Å². The molecular formula is C12H13N3O3S. The van der Waals surface area contributed by atoms with Crippen LogP contribution in [0.5, 0.6) is 0 Å². The molecule has 0 radical (unpaired) electrons. The third-order valence-electron chi connectivity index (χ3n) is 2.79. The minimum absolute atomic E-state index is 0.0283. The molecule has 1 aromatic rings. The lowest BCUT2D eigenvalue weighted by atomic mass is 10.1. The molecule has 0 saturated heterocycles. The summed E-state index contributed by atoms with van der Waals surface area (Å²) in [5.74, 6) is -0.0283. The van der Waals surface area contributed by atoms with Crippen LogP contribution >= 0.6 is 11.8 Å². The first-order valence-electron chi connectivity index (χ1n) is 5.74. The van der Waals surface area contributed by atoms with Gasteiger partial charge in [-0.1, -0.05) is 23.9 Å². The number of amides is 1. The molecule has 0 N–H and O–H groups in total. The second-order valence-electron chi connectivity index (χ2n) is 4.01. The first kappa shape index (κ1) is 13.5. The number of nitrogens with zero attached hydrogens (tertiary/aromatic N) is 3. The third-order valence-corrected chi connectivity index (χ3v) is 3.50. The van der Waals surface area contributed by atoms with E-state index in [-0.39, 0.29) is 18.0 Å². The average Bonchev–Trinajstić information content (AvgIpc) is 2.87. The van der Waals surface area contributed by atoms with E-state index >= 15 is 0 Å². The Hall–Kier alpha value is -1.89. The van der Waals surface area contributed by atoms with Gasteiger partial charge in [-0.15, -0.1) is 0 Å². The van der Waals surface area contributed by atoms with Crippen LogP contribution in [0.2, 0.25) is 0 Å². The van der Waals surface area contributed by atoms with Crippen molar-refractivity contribution in [3.63, 3.8) is 0 Å². The van der Waals surface area contributed by atoms with Crippen molar-refractivity contribution in [3.8, 4) is 0 Å². The van der Waals surface area contributed by atoms with Crippen LogP contribution < -0.4 is 0 Å². The standard InChI is InChI=1S/C12H13N3O3S/c1-19-12-13-6-7-14(12)11(16)8-9-2-4-10(5-3-9)15(17)18/h2-5H,6-8H2,1H3. The Morgan fingerprint density at radius 1 is 1.47 bits per heavy atom. The molecule has 19 heavy (non-hydrogen) atoms. The normalized spacial score (nSPS) is 14.4. The summed E-state index contributed by atoms with van der Waals surface area (Å²) >= 11 is 1.45. The molecule has 0 unspecified atom stereocenters. The SMILES string of the molecule is CSC1=NCCN1C(=O)Cc1ccc([N+](=O)[O-])cc1. The molecule has 0 aliphatic carbocycles. The van der Waals surface area contributed by atoms with E-state index in [0.717, 1.165) is 10.7 Å². The van der Waals surface area contributed by atoms with Crippen molar-refractivity contribution in [2.45, 2.75) is 6.42 Å². The summed E-state index contributed by atoms with van der Waals surface area (Å²) in [7, 11) is 0. The van der Waals surface area contributed by atoms with E-state index in [9.17, 15) is 14.9 Å². The van der Waals surface area contributed by atoms with Crippen molar-refractivity contribution in [1.82, 2.24) is 4.90 Å². The van der Waals surface area contributed by atoms with E-state index in [2.05, 4.69) is 4.99 Å². The number of carbonyl (C=O) groups is 1. The van der Waals surface area contributed by atoms with Crippen LogP contribution in [0, 0.1) is 10.1 Å². The van der Waals surface area contributed by atoms with E-state index in [1.807, 2.05) is 6.26 Å². The third kappa shape index (κ3) is 3.11. The van der Waals surface area contributed by atoms with Gasteiger partial charge in [-0.3, -0.25) is 24.8 Å². The minimum Gasteiger partial charge on any atom is -0.289 e. The highest BCUT2D eigenvalue weighted by Crippen LogP contribution is 2.16. The summed E-state index contributed by atoms with van der Waals surface area (Å²) < 4.78 is 0. The van der Waals surface area contributed by atoms with E-state index in [0.29, 0.717) is 13.1 Å². The molecule has 1 heterocycles. The maximum absolute atomic E-state index is 12.1. The van der Waals surface area contributed by atoms with Gasteiger partial charge in [0.15, 0.2) is 5.17 Å². The summed E-state index contributed by atoms with van der Waals surface area (Å²) in [5.41, 5.74) is 0.798. The number of amidine groups is 1. The number of aliphatic imine (C=N–C) groups is 1. The van der Waals surface area contributed by atoms with Gasteiger partial charge in [0, 0.05) is 18.7 Å². The number of thioether (sulfide) groups is 1. The number of hydrogen-bond acceptors (Lipinski definition) is 5. The summed E-state index contributed by atoms with van der Waals surface area (Å²) in [6.45, 7) is 1.25. The molecule has 1 aliphatic rings. The molecule has 1 aromatic carbocycles. The number of nitro benzene ring substituents is 1. The summed E-state index contributed by atoms with van der Waals surface area (Å²) in [6.07, 6.45) is 2.12. The van der Waals surface area contributed by atoms with Crippen molar-refractivity contribution in [1.29, 1.82) is 0 Å². The molecule has 2 rings (SSSR count). The van der Waals surface area contributed by atoms with Gasteiger partial charge in [0.2, 0.25) is 5.91 Å². The second-order valence-corrected chi connectivity index (χ2v) is 4.79. The quantitative estimate of drug-likeness (QED) is 0.623. The lowest BCUT2D eigenvalue weighted by molar-refractivity contribution is -0.384. The van der Waals surface area contributed by atoms with Gasteiger partial charge in [0.1, 0.15) is 0 Å². The van der Waals surface area contributed by atoms with Gasteiger partial charge in [-0.25, -0.2) is 0 Å². The zero-order valence-electron chi connectivity index (χ0n) is 10.4. The fraction of sp³-hybridized carbons (Fsp3) is 0.333. The number of benzene rings is 1. The van der Waals surface area contributed by atoms with E-state index in [1.165, 1.54) is 23.9 Å². The molecule has 6 nitrogen and oxygen atoms in total. The van der Waals surface area contributed by atoms with Crippen LogP contribution in [0.4, 0.5) is 5.69 Å². The van der Waals surface area contributed by atoms with Crippen LogP contribution in [0.15, 0.2) is 29.3 Å². The molecule has 7 heteroatoms. The monoisotopic (exact) mass is 279 g/mol. The largest absolute Gasteiger partial charge is 0.289 e. The highest BCUT2D eigenvalue weighted by molar-refractivity contribution is 8.13. The molecule has 0 fully saturated rings. The molecule has 0 aromatic heterocycles. The first-order chi connectivity index (χ1) is 9.11. The molecule has 0 atom stereocenters. The Bertz CT molecular complexity index is 528. The zero-order valence-corrected chi connectivity index (χ0v) is 11.2. The van der Waals surface area contributed by atoms with Crippen LogP contribution in [-0.4, -0.2) is 40.2 Å². The average molecular weight is 279 g/mol. The van der Waals surface area contributed by atoms with Gasteiger partial charge >= 0.3 is 0 Å². The van der Waals surface area contributed by atoms with E-state index in [4.69, 9.17) is 0 Å². The highest BCUT2D eigenvalue weighted by Gasteiger charge is 2.22. The molecular weight excluding hydrogens is 266 g/mol. The second kappa shape index (κ2) is 5.83. The summed E-state index contributed by atoms with van der Waals surface area (Å²) in [5, 5.41) is 11.3. The fourth-order valence-corrected chi connectivity index (χ4v) is 2.47. The van der Waals surface area contributed by atoms with E-state index < -0.39 is 4.92 Å². The molecule has 0 bridgehead atoms. The lowest BCUT2D eigenvalue weighted by Crippen LogP contribution is -2.33. The van der Waals surface area contributed by atoms with Crippen LogP contribution in [0.3, 0.4) is 0 Å². The van der Waals surface area contributed by atoms with Gasteiger partial charge in [-0.2, -0.15) is 0 Å². The number of hydrogen-bond donors (Lipinski definition) is 0. The molecule has 1 amide bonds. The molecule has 1 aliphatic heterocycles. The Morgan fingerprint density at radius 2 is 2.16 bits per heavy atom. The van der Waals surface area contributed by atoms with Crippen molar-refractivity contribution in [3.05, 3.63) is 39.9 Å².